The number of halogens is 1. The van der Waals surface area contributed by atoms with Crippen LogP contribution < -0.4 is 10.5 Å². The van der Waals surface area contributed by atoms with Gasteiger partial charge in [-0.25, -0.2) is 9.37 Å². The topological polar surface area (TPSA) is 108 Å². The van der Waals surface area contributed by atoms with E-state index in [2.05, 4.69) is 21.9 Å². The van der Waals surface area contributed by atoms with Crippen LogP contribution in [0.5, 0.6) is 11.5 Å². The zero-order valence-corrected chi connectivity index (χ0v) is 17.8. The lowest BCUT2D eigenvalue weighted by atomic mass is 10.0. The van der Waals surface area contributed by atoms with Gasteiger partial charge in [0.2, 0.25) is 5.91 Å². The van der Waals surface area contributed by atoms with Crippen LogP contribution in [0.2, 0.25) is 0 Å². The first kappa shape index (κ1) is 20.9. The summed E-state index contributed by atoms with van der Waals surface area (Å²) in [4.78, 5) is 24.2. The van der Waals surface area contributed by atoms with Gasteiger partial charge in [-0.3, -0.25) is 9.69 Å². The number of nitrogens with zero attached hydrogens (tertiary/aromatic N) is 3. The molecular weight excluding hydrogens is 413 g/mol. The normalized spacial score (nSPS) is 21.4. The molecule has 1 unspecified atom stereocenters. The van der Waals surface area contributed by atoms with Crippen LogP contribution in [0, 0.1) is 5.82 Å². The molecule has 4 heterocycles. The van der Waals surface area contributed by atoms with E-state index in [-0.39, 0.29) is 30.7 Å². The van der Waals surface area contributed by atoms with E-state index in [1.807, 2.05) is 4.90 Å². The van der Waals surface area contributed by atoms with Gasteiger partial charge in [-0.1, -0.05) is 6.07 Å². The van der Waals surface area contributed by atoms with Crippen LogP contribution in [0.3, 0.4) is 0 Å². The highest BCUT2D eigenvalue weighted by Gasteiger charge is 2.44. The van der Waals surface area contributed by atoms with Gasteiger partial charge in [0.15, 0.2) is 11.6 Å². The highest BCUT2D eigenvalue weighted by molar-refractivity contribution is 5.86. The molecule has 2 fully saturated rings. The lowest BCUT2D eigenvalue weighted by Crippen LogP contribution is -2.52. The molecule has 0 radical (unpaired) electrons. The Kier molecular flexibility index (Phi) is 5.32. The SMILES string of the molecule is CN1C[C@@H]2C[C@H]1CN2C(=O)C(N)Cc1ccc(Oc2ccnc3[nH]cc(CO)c23)c(F)c1. The van der Waals surface area contributed by atoms with Crippen molar-refractivity contribution < 1.29 is 19.0 Å². The van der Waals surface area contributed by atoms with Crippen molar-refractivity contribution in [1.29, 1.82) is 0 Å². The van der Waals surface area contributed by atoms with Gasteiger partial charge in [-0.2, -0.15) is 0 Å². The largest absolute Gasteiger partial charge is 0.453 e. The van der Waals surface area contributed by atoms with Crippen LogP contribution in [0.1, 0.15) is 17.5 Å². The first-order valence-corrected chi connectivity index (χ1v) is 10.7. The Balaban J connectivity index is 1.29. The smallest absolute Gasteiger partial charge is 0.240 e. The number of likely N-dealkylation sites (N-methyl/N-ethyl adjacent to an activating group) is 1. The summed E-state index contributed by atoms with van der Waals surface area (Å²) in [6.45, 7) is 1.40. The summed E-state index contributed by atoms with van der Waals surface area (Å²) in [6.07, 6.45) is 4.45. The van der Waals surface area contributed by atoms with Gasteiger partial charge in [0, 0.05) is 43.1 Å². The van der Waals surface area contributed by atoms with Crippen molar-refractivity contribution in [3.63, 3.8) is 0 Å². The highest BCUT2D eigenvalue weighted by Crippen LogP contribution is 2.33. The van der Waals surface area contributed by atoms with Crippen LogP contribution in [0.4, 0.5) is 4.39 Å². The predicted octanol–water partition coefficient (Wildman–Crippen LogP) is 1.77. The average molecular weight is 439 g/mol. The molecule has 9 heteroatoms. The van der Waals surface area contributed by atoms with E-state index in [0.717, 1.165) is 13.0 Å². The third-order valence-electron chi connectivity index (χ3n) is 6.57. The monoisotopic (exact) mass is 439 g/mol. The van der Waals surface area contributed by atoms with Crippen molar-refractivity contribution in [1.82, 2.24) is 19.8 Å². The van der Waals surface area contributed by atoms with Gasteiger partial charge < -0.3 is 25.5 Å². The van der Waals surface area contributed by atoms with Crippen molar-refractivity contribution in [2.75, 3.05) is 20.1 Å². The Bertz CT molecular complexity index is 1160. The number of hydrogen-bond acceptors (Lipinski definition) is 6. The number of hydrogen-bond donors (Lipinski definition) is 3. The fourth-order valence-electron chi connectivity index (χ4n) is 4.86. The lowest BCUT2D eigenvalue weighted by molar-refractivity contribution is -0.134. The summed E-state index contributed by atoms with van der Waals surface area (Å²) in [5.74, 6) is -0.177. The molecule has 3 aromatic rings. The summed E-state index contributed by atoms with van der Waals surface area (Å²) in [6, 6.07) is 6.16. The lowest BCUT2D eigenvalue weighted by Gasteiger charge is -2.33. The number of piperazine rings is 1. The standard InChI is InChI=1S/C23H26FN5O3/c1-28-10-16-8-15(28)11-29(16)23(31)18(25)7-13-2-3-19(17(24)6-13)32-20-4-5-26-22-21(20)14(12-30)9-27-22/h2-6,9,15-16,18,30H,7-8,10-12,25H2,1H3,(H,26,27)/t15-,16-,18?/m0/s1. The molecule has 0 aliphatic carbocycles. The van der Waals surface area contributed by atoms with Gasteiger partial charge in [0.25, 0.3) is 0 Å². The molecule has 8 nitrogen and oxygen atoms in total. The number of H-pyrrole nitrogens is 1. The van der Waals surface area contributed by atoms with Gasteiger partial charge in [-0.05, 0) is 43.7 Å². The summed E-state index contributed by atoms with van der Waals surface area (Å²) >= 11 is 0. The minimum atomic E-state index is -0.711. The number of fused-ring (bicyclic) bond motifs is 3. The molecule has 2 aliphatic rings. The first-order valence-electron chi connectivity index (χ1n) is 10.7. The molecule has 5 rings (SSSR count). The number of aromatic amines is 1. The van der Waals surface area contributed by atoms with Crippen LogP contribution in [-0.2, 0) is 17.8 Å². The van der Waals surface area contributed by atoms with Crippen molar-refractivity contribution in [2.24, 2.45) is 5.73 Å². The molecule has 2 saturated heterocycles. The number of amides is 1. The molecule has 32 heavy (non-hydrogen) atoms. The minimum absolute atomic E-state index is 0.0473. The Morgan fingerprint density at radius 3 is 2.88 bits per heavy atom. The summed E-state index contributed by atoms with van der Waals surface area (Å²) in [5.41, 5.74) is 8.00. The Hall–Kier alpha value is -3.01. The fourth-order valence-corrected chi connectivity index (χ4v) is 4.86. The van der Waals surface area contributed by atoms with Crippen LogP contribution in [0.15, 0.2) is 36.7 Å². The van der Waals surface area contributed by atoms with E-state index in [1.54, 1.807) is 24.5 Å². The maximum absolute atomic E-state index is 14.8. The third-order valence-corrected chi connectivity index (χ3v) is 6.57. The average Bonchev–Trinajstić information content (AvgIpc) is 3.48. The molecule has 4 N–H and O–H groups in total. The quantitative estimate of drug-likeness (QED) is 0.540. The number of rotatable bonds is 6. The zero-order valence-electron chi connectivity index (χ0n) is 17.8. The number of likely N-dealkylation sites (tertiary alicyclic amines) is 2. The van der Waals surface area contributed by atoms with Gasteiger partial charge >= 0.3 is 0 Å². The van der Waals surface area contributed by atoms with E-state index >= 15 is 0 Å². The number of pyridine rings is 1. The number of ether oxygens (including phenoxy) is 1. The summed E-state index contributed by atoms with van der Waals surface area (Å²) < 4.78 is 20.6. The number of nitrogens with two attached hydrogens (primary N) is 1. The number of benzene rings is 1. The van der Waals surface area contributed by atoms with E-state index in [1.165, 1.54) is 12.1 Å². The second-order valence-electron chi connectivity index (χ2n) is 8.66. The van der Waals surface area contributed by atoms with Crippen molar-refractivity contribution in [3.8, 4) is 11.5 Å². The van der Waals surface area contributed by atoms with E-state index in [9.17, 15) is 14.3 Å². The molecule has 3 atom stereocenters. The Morgan fingerprint density at radius 1 is 1.34 bits per heavy atom. The zero-order chi connectivity index (χ0) is 22.4. The van der Waals surface area contributed by atoms with Crippen LogP contribution >= 0.6 is 0 Å². The molecule has 1 amide bonds. The number of aromatic nitrogens is 2. The van der Waals surface area contributed by atoms with Crippen molar-refractivity contribution >= 4 is 16.9 Å². The van der Waals surface area contributed by atoms with Gasteiger partial charge in [0.1, 0.15) is 11.4 Å². The third kappa shape index (κ3) is 3.62. The second kappa shape index (κ2) is 8.16. The number of aliphatic hydroxyl groups is 1. The van der Waals surface area contributed by atoms with Crippen LogP contribution in [-0.4, -0.2) is 69.0 Å². The van der Waals surface area contributed by atoms with E-state index < -0.39 is 11.9 Å². The summed E-state index contributed by atoms with van der Waals surface area (Å²) in [7, 11) is 2.08. The molecule has 2 aliphatic heterocycles. The fraction of sp³-hybridized carbons (Fsp3) is 0.391. The molecule has 168 valence electrons. The first-order chi connectivity index (χ1) is 15.4. The van der Waals surface area contributed by atoms with E-state index in [0.29, 0.717) is 40.5 Å². The molecular formula is C23H26FN5O3. The molecule has 0 saturated carbocycles. The minimum Gasteiger partial charge on any atom is -0.453 e. The highest BCUT2D eigenvalue weighted by atomic mass is 19.1. The number of aliphatic hydroxyl groups excluding tert-OH is 1. The Labute approximate surface area is 184 Å². The van der Waals surface area contributed by atoms with Crippen LogP contribution in [0.25, 0.3) is 11.0 Å². The molecule has 2 aromatic heterocycles. The number of carbonyl (C=O) groups excluding carboxylic acids is 1. The number of nitrogens with one attached hydrogen (secondary N) is 1. The van der Waals surface area contributed by atoms with Crippen molar-refractivity contribution in [3.05, 3.63) is 53.6 Å². The van der Waals surface area contributed by atoms with Gasteiger partial charge in [-0.15, -0.1) is 0 Å². The molecule has 1 aromatic carbocycles. The molecule has 0 spiro atoms. The molecule has 2 bridgehead atoms. The maximum Gasteiger partial charge on any atom is 0.240 e. The number of carbonyl (C=O) groups is 1. The maximum atomic E-state index is 14.8. The van der Waals surface area contributed by atoms with Gasteiger partial charge in [0.05, 0.1) is 18.0 Å². The predicted molar refractivity (Wildman–Crippen MR) is 117 cm³/mol. The second-order valence-corrected chi connectivity index (χ2v) is 8.66. The Morgan fingerprint density at radius 2 is 2.19 bits per heavy atom. The van der Waals surface area contributed by atoms with Crippen molar-refractivity contribution in [2.45, 2.75) is 37.6 Å². The van der Waals surface area contributed by atoms with E-state index in [4.69, 9.17) is 10.5 Å². The summed E-state index contributed by atoms with van der Waals surface area (Å²) in [5, 5.41) is 10.1.